The average molecular weight is 283 g/mol. The molecule has 3 rings (SSSR count). The van der Waals surface area contributed by atoms with Crippen LogP contribution in [-0.4, -0.2) is 22.0 Å². The van der Waals surface area contributed by atoms with Crippen molar-refractivity contribution in [3.8, 4) is 0 Å². The first kappa shape index (κ1) is 13.7. The average Bonchev–Trinajstić information content (AvgIpc) is 2.92. The molecule has 0 spiro atoms. The van der Waals surface area contributed by atoms with Crippen LogP contribution < -0.4 is 5.32 Å². The molecule has 1 aliphatic heterocycles. The standard InChI is InChI=1S/C17H21N3O/c1-12-6-7-13(2)15(11-12)18-17(21)20-10-9-19-8-4-5-16(19)14(20)3/h4-8,11,14H,9-10H2,1-3H3,(H,18,21). The smallest absolute Gasteiger partial charge is 0.322 e. The number of anilines is 1. The molecule has 0 saturated heterocycles. The van der Waals surface area contributed by atoms with Crippen LogP contribution in [0.15, 0.2) is 36.5 Å². The highest BCUT2D eigenvalue weighted by Gasteiger charge is 2.27. The summed E-state index contributed by atoms with van der Waals surface area (Å²) in [7, 11) is 0. The van der Waals surface area contributed by atoms with Crippen LogP contribution >= 0.6 is 0 Å². The molecule has 0 saturated carbocycles. The number of nitrogens with zero attached hydrogens (tertiary/aromatic N) is 2. The molecule has 0 radical (unpaired) electrons. The molecule has 0 aliphatic carbocycles. The maximum Gasteiger partial charge on any atom is 0.322 e. The summed E-state index contributed by atoms with van der Waals surface area (Å²) in [6.07, 6.45) is 2.08. The minimum atomic E-state index is -0.0244. The highest BCUT2D eigenvalue weighted by atomic mass is 16.2. The maximum absolute atomic E-state index is 12.6. The lowest BCUT2D eigenvalue weighted by Crippen LogP contribution is -2.43. The van der Waals surface area contributed by atoms with E-state index in [9.17, 15) is 4.79 Å². The number of hydrogen-bond donors (Lipinski definition) is 1. The van der Waals surface area contributed by atoms with Gasteiger partial charge in [-0.2, -0.15) is 0 Å². The predicted octanol–water partition coefficient (Wildman–Crippen LogP) is 3.71. The fourth-order valence-electron chi connectivity index (χ4n) is 2.91. The Balaban J connectivity index is 1.79. The zero-order chi connectivity index (χ0) is 15.0. The van der Waals surface area contributed by atoms with E-state index >= 15 is 0 Å². The van der Waals surface area contributed by atoms with Crippen molar-refractivity contribution in [1.82, 2.24) is 9.47 Å². The lowest BCUT2D eigenvalue weighted by molar-refractivity contribution is 0.175. The number of rotatable bonds is 1. The number of aryl methyl sites for hydroxylation is 2. The Morgan fingerprint density at radius 3 is 2.86 bits per heavy atom. The van der Waals surface area contributed by atoms with Gasteiger partial charge >= 0.3 is 6.03 Å². The maximum atomic E-state index is 12.6. The molecule has 1 aliphatic rings. The molecule has 0 fully saturated rings. The second-order valence-electron chi connectivity index (χ2n) is 5.74. The van der Waals surface area contributed by atoms with Crippen LogP contribution in [0.5, 0.6) is 0 Å². The number of benzene rings is 1. The van der Waals surface area contributed by atoms with Gasteiger partial charge < -0.3 is 14.8 Å². The number of nitrogens with one attached hydrogen (secondary N) is 1. The Bertz CT molecular complexity index is 674. The van der Waals surface area contributed by atoms with Gasteiger partial charge in [0, 0.05) is 30.7 Å². The first-order valence-electron chi connectivity index (χ1n) is 7.36. The van der Waals surface area contributed by atoms with E-state index in [0.717, 1.165) is 29.9 Å². The molecule has 1 atom stereocenters. The van der Waals surface area contributed by atoms with Crippen molar-refractivity contribution in [1.29, 1.82) is 0 Å². The second kappa shape index (κ2) is 5.28. The van der Waals surface area contributed by atoms with E-state index in [1.165, 1.54) is 5.69 Å². The molecule has 0 bridgehead atoms. The van der Waals surface area contributed by atoms with Gasteiger partial charge in [-0.25, -0.2) is 4.79 Å². The zero-order valence-electron chi connectivity index (χ0n) is 12.8. The van der Waals surface area contributed by atoms with Crippen molar-refractivity contribution >= 4 is 11.7 Å². The van der Waals surface area contributed by atoms with E-state index in [1.807, 2.05) is 36.9 Å². The molecule has 1 aromatic heterocycles. The fraction of sp³-hybridized carbons (Fsp3) is 0.353. The van der Waals surface area contributed by atoms with Crippen molar-refractivity contribution in [2.45, 2.75) is 33.4 Å². The van der Waals surface area contributed by atoms with E-state index in [0.29, 0.717) is 0 Å². The summed E-state index contributed by atoms with van der Waals surface area (Å²) in [5, 5.41) is 3.05. The summed E-state index contributed by atoms with van der Waals surface area (Å²) >= 11 is 0. The minimum Gasteiger partial charge on any atom is -0.348 e. The monoisotopic (exact) mass is 283 g/mol. The summed E-state index contributed by atoms with van der Waals surface area (Å²) in [4.78, 5) is 14.5. The fourth-order valence-corrected chi connectivity index (χ4v) is 2.91. The number of hydrogen-bond acceptors (Lipinski definition) is 1. The van der Waals surface area contributed by atoms with Gasteiger partial charge in [-0.05, 0) is 50.1 Å². The normalized spacial score (nSPS) is 17.5. The summed E-state index contributed by atoms with van der Waals surface area (Å²) in [6, 6.07) is 10.3. The first-order valence-corrected chi connectivity index (χ1v) is 7.36. The van der Waals surface area contributed by atoms with Gasteiger partial charge in [0.15, 0.2) is 0 Å². The van der Waals surface area contributed by atoms with Crippen LogP contribution in [-0.2, 0) is 6.54 Å². The molecule has 2 amide bonds. The van der Waals surface area contributed by atoms with Crippen LogP contribution in [0.4, 0.5) is 10.5 Å². The van der Waals surface area contributed by atoms with Crippen molar-refractivity contribution in [3.05, 3.63) is 53.3 Å². The summed E-state index contributed by atoms with van der Waals surface area (Å²) in [5.74, 6) is 0. The van der Waals surface area contributed by atoms with Gasteiger partial charge in [-0.15, -0.1) is 0 Å². The Labute approximate surface area is 125 Å². The molecule has 21 heavy (non-hydrogen) atoms. The topological polar surface area (TPSA) is 37.3 Å². The summed E-state index contributed by atoms with van der Waals surface area (Å²) in [6.45, 7) is 7.71. The first-order chi connectivity index (χ1) is 10.1. The highest BCUT2D eigenvalue weighted by Crippen LogP contribution is 2.26. The third-order valence-corrected chi connectivity index (χ3v) is 4.24. The SMILES string of the molecule is Cc1ccc(C)c(NC(=O)N2CCn3cccc3C2C)c1. The van der Waals surface area contributed by atoms with E-state index in [4.69, 9.17) is 0 Å². The van der Waals surface area contributed by atoms with Gasteiger partial charge in [0.05, 0.1) is 6.04 Å². The van der Waals surface area contributed by atoms with Gasteiger partial charge in [0.1, 0.15) is 0 Å². The van der Waals surface area contributed by atoms with Crippen LogP contribution in [0.2, 0.25) is 0 Å². The summed E-state index contributed by atoms with van der Waals surface area (Å²) in [5.41, 5.74) is 4.32. The van der Waals surface area contributed by atoms with Crippen LogP contribution in [0.25, 0.3) is 0 Å². The molecule has 1 aromatic carbocycles. The molecule has 4 nitrogen and oxygen atoms in total. The molecular formula is C17H21N3O. The van der Waals surface area contributed by atoms with Gasteiger partial charge in [0.2, 0.25) is 0 Å². The Morgan fingerprint density at radius 1 is 1.24 bits per heavy atom. The van der Waals surface area contributed by atoms with Crippen molar-refractivity contribution < 1.29 is 4.79 Å². The molecule has 110 valence electrons. The predicted molar refractivity (Wildman–Crippen MR) is 84.5 cm³/mol. The Morgan fingerprint density at radius 2 is 2.05 bits per heavy atom. The minimum absolute atomic E-state index is 0.0244. The van der Waals surface area contributed by atoms with Crippen LogP contribution in [0.1, 0.15) is 29.8 Å². The van der Waals surface area contributed by atoms with Crippen molar-refractivity contribution in [2.24, 2.45) is 0 Å². The van der Waals surface area contributed by atoms with Gasteiger partial charge in [0.25, 0.3) is 0 Å². The number of carbonyl (C=O) groups excluding carboxylic acids is 1. The molecule has 2 heterocycles. The second-order valence-corrected chi connectivity index (χ2v) is 5.74. The number of amides is 2. The molecular weight excluding hydrogens is 262 g/mol. The largest absolute Gasteiger partial charge is 0.348 e. The van der Waals surface area contributed by atoms with E-state index in [1.54, 1.807) is 0 Å². The lowest BCUT2D eigenvalue weighted by Gasteiger charge is -2.35. The third kappa shape index (κ3) is 2.53. The van der Waals surface area contributed by atoms with E-state index < -0.39 is 0 Å². The van der Waals surface area contributed by atoms with Gasteiger partial charge in [-0.3, -0.25) is 0 Å². The van der Waals surface area contributed by atoms with Gasteiger partial charge in [-0.1, -0.05) is 12.1 Å². The van der Waals surface area contributed by atoms with Crippen LogP contribution in [0, 0.1) is 13.8 Å². The highest BCUT2D eigenvalue weighted by molar-refractivity contribution is 5.90. The van der Waals surface area contributed by atoms with Crippen LogP contribution in [0.3, 0.4) is 0 Å². The lowest BCUT2D eigenvalue weighted by atomic mass is 10.1. The number of urea groups is 1. The number of aromatic nitrogens is 1. The number of carbonyl (C=O) groups is 1. The molecule has 2 aromatic rings. The zero-order valence-corrected chi connectivity index (χ0v) is 12.8. The van der Waals surface area contributed by atoms with E-state index in [-0.39, 0.29) is 12.1 Å². The Hall–Kier alpha value is -2.23. The summed E-state index contributed by atoms with van der Waals surface area (Å²) < 4.78 is 2.21. The van der Waals surface area contributed by atoms with Crippen molar-refractivity contribution in [3.63, 3.8) is 0 Å². The number of fused-ring (bicyclic) bond motifs is 1. The molecule has 1 N–H and O–H groups in total. The molecule has 4 heteroatoms. The quantitative estimate of drug-likeness (QED) is 0.851. The third-order valence-electron chi connectivity index (χ3n) is 4.24. The molecule has 1 unspecified atom stereocenters. The van der Waals surface area contributed by atoms with Crippen molar-refractivity contribution in [2.75, 3.05) is 11.9 Å². The van der Waals surface area contributed by atoms with E-state index in [2.05, 4.69) is 35.1 Å². The Kier molecular flexibility index (Phi) is 3.45.